The Bertz CT molecular complexity index is 445. The molecular weight excluding hydrogens is 210 g/mol. The summed E-state index contributed by atoms with van der Waals surface area (Å²) >= 11 is 0. The molecule has 0 fully saturated rings. The molecule has 86 valence electrons. The molecule has 0 aliphatic heterocycles. The van der Waals surface area contributed by atoms with Gasteiger partial charge in [0, 0.05) is 24.1 Å². The minimum absolute atomic E-state index is 0.00970. The molecule has 2 nitrogen and oxygen atoms in total. The third kappa shape index (κ3) is 4.91. The van der Waals surface area contributed by atoms with E-state index >= 15 is 0 Å². The number of benzene rings is 1. The van der Waals surface area contributed by atoms with Gasteiger partial charge in [-0.2, -0.15) is 0 Å². The molecule has 17 heavy (non-hydrogen) atoms. The Morgan fingerprint density at radius 2 is 1.88 bits per heavy atom. The molecule has 0 aromatic heterocycles. The first kappa shape index (κ1) is 12.9. The fourth-order valence-electron chi connectivity index (χ4n) is 1.39. The first-order valence-corrected chi connectivity index (χ1v) is 5.56. The van der Waals surface area contributed by atoms with Crippen molar-refractivity contribution in [1.82, 2.24) is 0 Å². The van der Waals surface area contributed by atoms with Gasteiger partial charge in [-0.05, 0) is 37.1 Å². The van der Waals surface area contributed by atoms with Crippen LogP contribution in [-0.2, 0) is 4.79 Å². The van der Waals surface area contributed by atoms with Gasteiger partial charge in [-0.25, -0.2) is 0 Å². The van der Waals surface area contributed by atoms with E-state index in [1.807, 2.05) is 0 Å². The van der Waals surface area contributed by atoms with E-state index in [9.17, 15) is 4.79 Å². The third-order valence-electron chi connectivity index (χ3n) is 2.31. The number of amides is 1. The van der Waals surface area contributed by atoms with Gasteiger partial charge in [0.2, 0.25) is 5.91 Å². The molecule has 1 N–H and O–H groups in total. The van der Waals surface area contributed by atoms with E-state index < -0.39 is 0 Å². The molecule has 0 unspecified atom stereocenters. The first-order valence-electron chi connectivity index (χ1n) is 5.56. The second-order valence-electron chi connectivity index (χ2n) is 3.68. The van der Waals surface area contributed by atoms with E-state index in [0.717, 1.165) is 30.5 Å². The summed E-state index contributed by atoms with van der Waals surface area (Å²) < 4.78 is 0. The van der Waals surface area contributed by atoms with Crippen molar-refractivity contribution in [3.05, 3.63) is 29.8 Å². The molecule has 1 aromatic carbocycles. The molecule has 1 rings (SSSR count). The van der Waals surface area contributed by atoms with E-state index in [-0.39, 0.29) is 5.91 Å². The van der Waals surface area contributed by atoms with Crippen LogP contribution in [0, 0.1) is 24.7 Å². The van der Waals surface area contributed by atoms with Crippen LogP contribution < -0.4 is 5.32 Å². The van der Waals surface area contributed by atoms with Gasteiger partial charge in [0.05, 0.1) is 0 Å². The van der Waals surface area contributed by atoms with E-state index in [1.165, 1.54) is 0 Å². The number of hydrogen-bond donors (Lipinski definition) is 1. The quantitative estimate of drug-likeness (QED) is 0.606. The molecule has 2 heteroatoms. The number of terminal acetylenes is 2. The van der Waals surface area contributed by atoms with E-state index in [1.54, 1.807) is 24.3 Å². The summed E-state index contributed by atoms with van der Waals surface area (Å²) in [4.78, 5) is 11.5. The van der Waals surface area contributed by atoms with Gasteiger partial charge in [-0.1, -0.05) is 5.92 Å². The number of unbranched alkanes of at least 4 members (excludes halogenated alkanes) is 2. The molecule has 1 aromatic rings. The lowest BCUT2D eigenvalue weighted by atomic mass is 10.2. The number of rotatable bonds is 5. The van der Waals surface area contributed by atoms with Crippen LogP contribution in [0.4, 0.5) is 5.69 Å². The lowest BCUT2D eigenvalue weighted by Crippen LogP contribution is -2.10. The summed E-state index contributed by atoms with van der Waals surface area (Å²) in [5.74, 6) is 5.09. The largest absolute Gasteiger partial charge is 0.326 e. The Balaban J connectivity index is 2.35. The molecule has 0 bridgehead atoms. The molecule has 0 aliphatic rings. The highest BCUT2D eigenvalue weighted by Gasteiger charge is 2.01. The highest BCUT2D eigenvalue weighted by Crippen LogP contribution is 2.10. The maximum atomic E-state index is 11.5. The Morgan fingerprint density at radius 1 is 1.18 bits per heavy atom. The predicted molar refractivity (Wildman–Crippen MR) is 70.3 cm³/mol. The van der Waals surface area contributed by atoms with Gasteiger partial charge in [-0.3, -0.25) is 4.79 Å². The number of carbonyl (C=O) groups excluding carboxylic acids is 1. The van der Waals surface area contributed by atoms with Crippen molar-refractivity contribution in [3.8, 4) is 24.7 Å². The van der Waals surface area contributed by atoms with Gasteiger partial charge in [0.25, 0.3) is 0 Å². The average Bonchev–Trinajstić information content (AvgIpc) is 2.36. The minimum Gasteiger partial charge on any atom is -0.326 e. The predicted octanol–water partition coefficient (Wildman–Crippen LogP) is 2.80. The first-order chi connectivity index (χ1) is 8.26. The maximum absolute atomic E-state index is 11.5. The standard InChI is InChI=1S/C15H15NO/c1-3-5-6-7-8-15(17)16-14-11-9-13(4-2)10-12-14/h1-2,9-12H,5-8H2,(H,16,17). The zero-order valence-electron chi connectivity index (χ0n) is 9.70. The van der Waals surface area contributed by atoms with Crippen molar-refractivity contribution in [2.45, 2.75) is 25.7 Å². The van der Waals surface area contributed by atoms with Crippen LogP contribution in [0.1, 0.15) is 31.2 Å². The van der Waals surface area contributed by atoms with Crippen molar-refractivity contribution in [1.29, 1.82) is 0 Å². The van der Waals surface area contributed by atoms with Crippen LogP contribution in [0.5, 0.6) is 0 Å². The van der Waals surface area contributed by atoms with Crippen LogP contribution in [0.25, 0.3) is 0 Å². The third-order valence-corrected chi connectivity index (χ3v) is 2.31. The fourth-order valence-corrected chi connectivity index (χ4v) is 1.39. The maximum Gasteiger partial charge on any atom is 0.224 e. The highest BCUT2D eigenvalue weighted by atomic mass is 16.1. The molecule has 0 heterocycles. The highest BCUT2D eigenvalue weighted by molar-refractivity contribution is 5.90. The fraction of sp³-hybridized carbons (Fsp3) is 0.267. The molecule has 1 amide bonds. The molecule has 0 atom stereocenters. The summed E-state index contributed by atoms with van der Waals surface area (Å²) in [6.45, 7) is 0. The van der Waals surface area contributed by atoms with Crippen LogP contribution >= 0.6 is 0 Å². The SMILES string of the molecule is C#CCCCCC(=O)Nc1ccc(C#C)cc1. The van der Waals surface area contributed by atoms with E-state index in [0.29, 0.717) is 6.42 Å². The zero-order valence-corrected chi connectivity index (χ0v) is 9.70. The van der Waals surface area contributed by atoms with Crippen LogP contribution in [0.2, 0.25) is 0 Å². The summed E-state index contributed by atoms with van der Waals surface area (Å²) in [6.07, 6.45) is 13.3. The van der Waals surface area contributed by atoms with Gasteiger partial charge in [0.15, 0.2) is 0 Å². The summed E-state index contributed by atoms with van der Waals surface area (Å²) in [6, 6.07) is 7.20. The Hall–Kier alpha value is -2.19. The van der Waals surface area contributed by atoms with E-state index in [2.05, 4.69) is 17.2 Å². The number of carbonyl (C=O) groups is 1. The average molecular weight is 225 g/mol. The van der Waals surface area contributed by atoms with Crippen LogP contribution in [0.3, 0.4) is 0 Å². The zero-order chi connectivity index (χ0) is 12.5. The summed E-state index contributed by atoms with van der Waals surface area (Å²) in [5.41, 5.74) is 1.57. The molecule has 0 aliphatic carbocycles. The van der Waals surface area contributed by atoms with E-state index in [4.69, 9.17) is 12.8 Å². The number of hydrogen-bond acceptors (Lipinski definition) is 1. The molecule has 0 radical (unpaired) electrons. The van der Waals surface area contributed by atoms with Crippen molar-refractivity contribution in [3.63, 3.8) is 0 Å². The minimum atomic E-state index is 0.00970. The summed E-state index contributed by atoms with van der Waals surface area (Å²) in [7, 11) is 0. The van der Waals surface area contributed by atoms with Gasteiger partial charge < -0.3 is 5.32 Å². The van der Waals surface area contributed by atoms with Crippen LogP contribution in [-0.4, -0.2) is 5.91 Å². The molecule has 0 spiro atoms. The smallest absolute Gasteiger partial charge is 0.224 e. The Kier molecular flexibility index (Phi) is 5.41. The molecule has 0 saturated heterocycles. The number of anilines is 1. The van der Waals surface area contributed by atoms with Gasteiger partial charge in [-0.15, -0.1) is 18.8 Å². The second kappa shape index (κ2) is 7.14. The normalized spacial score (nSPS) is 9.06. The Morgan fingerprint density at radius 3 is 2.47 bits per heavy atom. The molecular formula is C15H15NO. The van der Waals surface area contributed by atoms with Gasteiger partial charge >= 0.3 is 0 Å². The van der Waals surface area contributed by atoms with Crippen molar-refractivity contribution < 1.29 is 4.79 Å². The van der Waals surface area contributed by atoms with Crippen molar-refractivity contribution in [2.75, 3.05) is 5.32 Å². The number of nitrogens with one attached hydrogen (secondary N) is 1. The van der Waals surface area contributed by atoms with Crippen molar-refractivity contribution in [2.24, 2.45) is 0 Å². The topological polar surface area (TPSA) is 29.1 Å². The van der Waals surface area contributed by atoms with Crippen LogP contribution in [0.15, 0.2) is 24.3 Å². The lowest BCUT2D eigenvalue weighted by Gasteiger charge is -2.04. The molecule has 0 saturated carbocycles. The lowest BCUT2D eigenvalue weighted by molar-refractivity contribution is -0.116. The monoisotopic (exact) mass is 225 g/mol. The second-order valence-corrected chi connectivity index (χ2v) is 3.68. The summed E-state index contributed by atoms with van der Waals surface area (Å²) in [5, 5.41) is 2.81. The van der Waals surface area contributed by atoms with Crippen molar-refractivity contribution >= 4 is 11.6 Å². The Labute approximate surface area is 102 Å². The van der Waals surface area contributed by atoms with Gasteiger partial charge in [0.1, 0.15) is 0 Å².